The molecule has 10 heteroatoms. The van der Waals surface area contributed by atoms with E-state index >= 15 is 0 Å². The first-order valence-electron chi connectivity index (χ1n) is 9.71. The van der Waals surface area contributed by atoms with Gasteiger partial charge in [0, 0.05) is 6.42 Å². The second-order valence-electron chi connectivity index (χ2n) is 8.86. The molecule has 0 radical (unpaired) electrons. The van der Waals surface area contributed by atoms with Crippen molar-refractivity contribution in [2.24, 2.45) is 23.2 Å². The summed E-state index contributed by atoms with van der Waals surface area (Å²) in [4.78, 5) is 25.0. The Kier molecular flexibility index (Phi) is 5.64. The van der Waals surface area contributed by atoms with Crippen LogP contribution in [0.1, 0.15) is 51.9 Å². The van der Waals surface area contributed by atoms with Crippen molar-refractivity contribution in [1.29, 1.82) is 0 Å². The van der Waals surface area contributed by atoms with Crippen molar-refractivity contribution in [1.82, 2.24) is 0 Å². The third-order valence-corrected chi connectivity index (χ3v) is 6.38. The maximum Gasteiger partial charge on any atom is 0.468 e. The number of alkyl halides is 5. The fourth-order valence-electron chi connectivity index (χ4n) is 5.49. The van der Waals surface area contributed by atoms with Gasteiger partial charge in [0.05, 0.1) is 19.1 Å². The predicted octanol–water partition coefficient (Wildman–Crippen LogP) is 4.24. The summed E-state index contributed by atoms with van der Waals surface area (Å²) in [5, 5.41) is 0. The van der Waals surface area contributed by atoms with Gasteiger partial charge in [0.25, 0.3) is 0 Å². The molecule has 1 unspecified atom stereocenters. The lowest BCUT2D eigenvalue weighted by Gasteiger charge is -2.55. The number of carbonyl (C=O) groups is 2. The molecule has 0 aliphatic heterocycles. The van der Waals surface area contributed by atoms with Gasteiger partial charge in [0.1, 0.15) is 0 Å². The molecule has 5 nitrogen and oxygen atoms in total. The van der Waals surface area contributed by atoms with E-state index in [0.29, 0.717) is 33.3 Å². The van der Waals surface area contributed by atoms with Crippen LogP contribution in [-0.4, -0.2) is 43.5 Å². The van der Waals surface area contributed by atoms with Crippen LogP contribution in [0.2, 0.25) is 0 Å². The van der Waals surface area contributed by atoms with Crippen LogP contribution in [0, 0.1) is 23.2 Å². The van der Waals surface area contributed by atoms with Crippen LogP contribution in [0.25, 0.3) is 0 Å². The number of methoxy groups -OCH3 is 1. The number of hydrogen-bond donors (Lipinski definition) is 0. The normalized spacial score (nSPS) is 33.3. The van der Waals surface area contributed by atoms with Gasteiger partial charge in [-0.15, -0.1) is 0 Å². The maximum atomic E-state index is 13.9. The highest BCUT2D eigenvalue weighted by molar-refractivity contribution is 5.85. The summed E-state index contributed by atoms with van der Waals surface area (Å²) < 4.78 is 81.2. The summed E-state index contributed by atoms with van der Waals surface area (Å²) in [6, 6.07) is 0. The van der Waals surface area contributed by atoms with Gasteiger partial charge in [0.2, 0.25) is 5.92 Å². The van der Waals surface area contributed by atoms with E-state index in [9.17, 15) is 31.5 Å². The third-order valence-electron chi connectivity index (χ3n) is 6.38. The van der Waals surface area contributed by atoms with Crippen molar-refractivity contribution in [3.8, 4) is 0 Å². The van der Waals surface area contributed by atoms with Crippen molar-refractivity contribution >= 4 is 11.9 Å². The van der Waals surface area contributed by atoms with E-state index in [1.807, 2.05) is 0 Å². The lowest BCUT2D eigenvalue weighted by atomic mass is 9.49. The van der Waals surface area contributed by atoms with Crippen LogP contribution >= 0.6 is 0 Å². The quantitative estimate of drug-likeness (QED) is 0.345. The molecule has 1 atom stereocenters. The van der Waals surface area contributed by atoms with Crippen LogP contribution in [0.15, 0.2) is 0 Å². The van der Waals surface area contributed by atoms with Gasteiger partial charge in [-0.1, -0.05) is 0 Å². The van der Waals surface area contributed by atoms with Crippen LogP contribution in [0.3, 0.4) is 0 Å². The van der Waals surface area contributed by atoms with Crippen LogP contribution in [-0.2, 0) is 23.8 Å². The van der Waals surface area contributed by atoms with Crippen molar-refractivity contribution in [3.05, 3.63) is 0 Å². The Morgan fingerprint density at radius 1 is 0.966 bits per heavy atom. The monoisotopic (exact) mass is 428 g/mol. The first-order valence-corrected chi connectivity index (χ1v) is 9.71. The molecule has 0 amide bonds. The summed E-state index contributed by atoms with van der Waals surface area (Å²) in [7, 11) is 0.680. The van der Waals surface area contributed by atoms with E-state index in [4.69, 9.17) is 4.74 Å². The molecular formula is C19H25F5O5. The van der Waals surface area contributed by atoms with E-state index in [0.717, 1.165) is 19.3 Å². The Labute approximate surface area is 165 Å². The van der Waals surface area contributed by atoms with Gasteiger partial charge in [-0.05, 0) is 63.2 Å². The SMILES string of the molecule is COC(=O)C(OCCC(C)(F)F)(OC(=O)C12CC3CC(CC(C3)C1)C2)C(F)(F)F. The maximum absolute atomic E-state index is 13.9. The number of esters is 2. The molecule has 0 aromatic carbocycles. The molecule has 4 rings (SSSR count). The first kappa shape index (κ1) is 22.2. The summed E-state index contributed by atoms with van der Waals surface area (Å²) >= 11 is 0. The van der Waals surface area contributed by atoms with Gasteiger partial charge in [-0.25, -0.2) is 13.6 Å². The molecule has 0 spiro atoms. The van der Waals surface area contributed by atoms with Crippen LogP contribution in [0.5, 0.6) is 0 Å². The summed E-state index contributed by atoms with van der Waals surface area (Å²) in [5.41, 5.74) is -1.10. The van der Waals surface area contributed by atoms with Crippen molar-refractivity contribution in [3.63, 3.8) is 0 Å². The van der Waals surface area contributed by atoms with Gasteiger partial charge in [-0.3, -0.25) is 4.79 Å². The topological polar surface area (TPSA) is 61.8 Å². The van der Waals surface area contributed by atoms with Gasteiger partial charge in [0.15, 0.2) is 0 Å². The van der Waals surface area contributed by atoms with Crippen molar-refractivity contribution in [2.75, 3.05) is 13.7 Å². The summed E-state index contributed by atoms with van der Waals surface area (Å²) in [5.74, 6) is -9.82. The lowest BCUT2D eigenvalue weighted by Crippen LogP contribution is -2.61. The van der Waals surface area contributed by atoms with E-state index < -0.39 is 48.3 Å². The highest BCUT2D eigenvalue weighted by Crippen LogP contribution is 2.61. The van der Waals surface area contributed by atoms with E-state index in [1.165, 1.54) is 0 Å². The largest absolute Gasteiger partial charge is 0.468 e. The zero-order chi connectivity index (χ0) is 21.7. The van der Waals surface area contributed by atoms with Crippen LogP contribution in [0.4, 0.5) is 22.0 Å². The highest BCUT2D eigenvalue weighted by Gasteiger charge is 2.69. The van der Waals surface area contributed by atoms with E-state index in [2.05, 4.69) is 9.47 Å². The second kappa shape index (κ2) is 7.35. The molecule has 4 saturated carbocycles. The van der Waals surface area contributed by atoms with E-state index in [-0.39, 0.29) is 17.8 Å². The molecule has 0 heterocycles. The zero-order valence-corrected chi connectivity index (χ0v) is 16.3. The van der Waals surface area contributed by atoms with Crippen molar-refractivity contribution < 1.29 is 45.8 Å². The number of ether oxygens (including phenoxy) is 3. The third kappa shape index (κ3) is 4.22. The minimum absolute atomic E-state index is 0.243. The lowest BCUT2D eigenvalue weighted by molar-refractivity contribution is -0.359. The smallest absolute Gasteiger partial charge is 0.464 e. The van der Waals surface area contributed by atoms with E-state index in [1.54, 1.807) is 0 Å². The zero-order valence-electron chi connectivity index (χ0n) is 16.3. The molecule has 4 bridgehead atoms. The number of carbonyl (C=O) groups excluding carboxylic acids is 2. The first-order chi connectivity index (χ1) is 13.3. The van der Waals surface area contributed by atoms with Gasteiger partial charge in [-0.2, -0.15) is 13.2 Å². The van der Waals surface area contributed by atoms with Crippen LogP contribution < -0.4 is 0 Å². The number of hydrogen-bond acceptors (Lipinski definition) is 5. The minimum atomic E-state index is -5.50. The molecule has 4 aliphatic carbocycles. The standard InChI is InChI=1S/C19H25F5O5/c1-16(20,21)3-4-28-18(15(26)27-2,19(22,23)24)29-14(25)17-8-11-5-12(9-17)7-13(6-11)10-17/h11-13H,3-10H2,1-2H3. The fourth-order valence-corrected chi connectivity index (χ4v) is 5.49. The highest BCUT2D eigenvalue weighted by atomic mass is 19.4. The molecule has 0 saturated heterocycles. The predicted molar refractivity (Wildman–Crippen MR) is 88.7 cm³/mol. The Balaban J connectivity index is 1.85. The molecule has 4 aliphatic rings. The fraction of sp³-hybridized carbons (Fsp3) is 0.895. The Bertz CT molecular complexity index is 621. The number of halogens is 5. The molecule has 4 fully saturated rings. The molecule has 0 aromatic heterocycles. The molecule has 0 aromatic rings. The van der Waals surface area contributed by atoms with Gasteiger partial charge >= 0.3 is 23.9 Å². The molecule has 29 heavy (non-hydrogen) atoms. The van der Waals surface area contributed by atoms with Gasteiger partial charge < -0.3 is 14.2 Å². The Morgan fingerprint density at radius 3 is 1.83 bits per heavy atom. The van der Waals surface area contributed by atoms with Crippen molar-refractivity contribution in [2.45, 2.75) is 69.8 Å². The molecule has 166 valence electrons. The number of rotatable bonds is 7. The second-order valence-corrected chi connectivity index (χ2v) is 8.86. The molecule has 0 N–H and O–H groups in total. The Hall–Kier alpha value is -1.45. The average molecular weight is 428 g/mol. The average Bonchev–Trinajstić information content (AvgIpc) is 2.56. The Morgan fingerprint density at radius 2 is 1.45 bits per heavy atom. The minimum Gasteiger partial charge on any atom is -0.464 e. The summed E-state index contributed by atoms with van der Waals surface area (Å²) in [6.45, 7) is -0.641. The molecular weight excluding hydrogens is 403 g/mol. The summed E-state index contributed by atoms with van der Waals surface area (Å²) in [6.07, 6.45) is -2.56.